The minimum absolute atomic E-state index is 0.0107. The van der Waals surface area contributed by atoms with Crippen molar-refractivity contribution in [2.24, 2.45) is 11.7 Å². The average molecular weight is 417 g/mol. The van der Waals surface area contributed by atoms with Gasteiger partial charge in [-0.05, 0) is 31.3 Å². The van der Waals surface area contributed by atoms with Crippen molar-refractivity contribution in [3.05, 3.63) is 34.1 Å². The number of aromatic nitrogens is 2. The molecule has 0 saturated heterocycles. The molecule has 0 spiro atoms. The van der Waals surface area contributed by atoms with Crippen LogP contribution in [0.4, 0.5) is 16.0 Å². The summed E-state index contributed by atoms with van der Waals surface area (Å²) in [7, 11) is 1.38. The number of nitrogens with zero attached hydrogens (tertiary/aromatic N) is 2. The van der Waals surface area contributed by atoms with Crippen molar-refractivity contribution in [1.29, 1.82) is 5.41 Å². The summed E-state index contributed by atoms with van der Waals surface area (Å²) in [5.41, 5.74) is 5.32. The van der Waals surface area contributed by atoms with Gasteiger partial charge in [0.15, 0.2) is 5.76 Å². The Morgan fingerprint density at radius 2 is 2.07 bits per heavy atom. The van der Waals surface area contributed by atoms with Gasteiger partial charge in [0.25, 0.3) is 5.91 Å². The van der Waals surface area contributed by atoms with Crippen LogP contribution in [-0.4, -0.2) is 35.0 Å². The van der Waals surface area contributed by atoms with E-state index in [1.54, 1.807) is 0 Å². The monoisotopic (exact) mass is 417 g/mol. The van der Waals surface area contributed by atoms with Gasteiger partial charge in [0.1, 0.15) is 5.82 Å². The van der Waals surface area contributed by atoms with Crippen molar-refractivity contribution in [2.75, 3.05) is 23.1 Å². The van der Waals surface area contributed by atoms with Gasteiger partial charge in [-0.2, -0.15) is 0 Å². The fraction of sp³-hybridized carbons (Fsp3) is 0.353. The molecule has 3 fully saturated rings. The van der Waals surface area contributed by atoms with Gasteiger partial charge in [-0.15, -0.1) is 10.2 Å². The van der Waals surface area contributed by atoms with E-state index in [2.05, 4.69) is 26.1 Å². The minimum atomic E-state index is -0.738. The molecule has 2 bridgehead atoms. The minimum Gasteiger partial charge on any atom is -0.488 e. The molecule has 29 heavy (non-hydrogen) atoms. The smallest absolute Gasteiger partial charge is 0.381 e. The zero-order valence-corrected chi connectivity index (χ0v) is 16.3. The molecule has 0 atom stereocenters. The van der Waals surface area contributed by atoms with E-state index in [1.807, 2.05) is 0 Å². The summed E-state index contributed by atoms with van der Waals surface area (Å²) in [5, 5.41) is 23.8. The van der Waals surface area contributed by atoms with Crippen molar-refractivity contribution < 1.29 is 13.9 Å². The average Bonchev–Trinajstić information content (AvgIpc) is 3.03. The molecule has 2 aromatic heterocycles. The van der Waals surface area contributed by atoms with Gasteiger partial charge < -0.3 is 30.9 Å². The van der Waals surface area contributed by atoms with Gasteiger partial charge >= 0.3 is 5.63 Å². The van der Waals surface area contributed by atoms with Crippen LogP contribution >= 0.6 is 11.3 Å². The van der Waals surface area contributed by atoms with Crippen LogP contribution in [0.2, 0.25) is 0 Å². The molecule has 2 aromatic rings. The van der Waals surface area contributed by atoms with Crippen LogP contribution in [0, 0.1) is 11.3 Å². The fourth-order valence-corrected chi connectivity index (χ4v) is 4.19. The molecule has 12 heteroatoms. The second-order valence-corrected chi connectivity index (χ2v) is 7.99. The Morgan fingerprint density at radius 3 is 2.66 bits per heavy atom. The summed E-state index contributed by atoms with van der Waals surface area (Å²) < 4.78 is 10.3. The van der Waals surface area contributed by atoms with Crippen LogP contribution < -0.4 is 32.0 Å². The lowest BCUT2D eigenvalue weighted by Gasteiger charge is -2.62. The number of anilines is 3. The Kier molecular flexibility index (Phi) is 4.70. The number of hydrogen-bond acceptors (Lipinski definition) is 11. The first-order valence-electron chi connectivity index (χ1n) is 8.80. The molecule has 0 aliphatic heterocycles. The molecule has 3 aliphatic rings. The molecular weight excluding hydrogens is 398 g/mol. The van der Waals surface area contributed by atoms with Gasteiger partial charge in [0, 0.05) is 17.8 Å². The Labute approximate surface area is 168 Å². The van der Waals surface area contributed by atoms with Crippen LogP contribution in [0.25, 0.3) is 0 Å². The Hall–Kier alpha value is -3.41. The number of nitrogens with one attached hydrogen (secondary N) is 4. The van der Waals surface area contributed by atoms with Crippen LogP contribution in [0.15, 0.2) is 27.2 Å². The second kappa shape index (κ2) is 7.20. The van der Waals surface area contributed by atoms with E-state index in [0.29, 0.717) is 10.8 Å². The fourth-order valence-electron chi connectivity index (χ4n) is 3.54. The Balaban J connectivity index is 1.50. The third kappa shape index (κ3) is 3.66. The number of hydrogen-bond donors (Lipinski definition) is 5. The molecular formula is C17H19N7O4S. The van der Waals surface area contributed by atoms with E-state index in [-0.39, 0.29) is 28.0 Å². The molecule has 0 aromatic carbocycles. The van der Waals surface area contributed by atoms with E-state index < -0.39 is 11.5 Å². The number of carbonyl (C=O) groups is 1. The molecule has 5 rings (SSSR count). The molecule has 6 N–H and O–H groups in total. The standard InChI is InChI=1S/C17H19N7O4S/c1-27-12-9(22-17-5-8(6-17)7-17)4-10(28-14(12)26)13(25)21-16-24-23-15(29-16)20-11(19)2-3-18/h2-4,8,18,22H,5-7,19H2,1H3,(H,20,23)(H,21,24,25)/b11-2-,18-3?. The van der Waals surface area contributed by atoms with Crippen molar-refractivity contribution in [2.45, 2.75) is 24.8 Å². The molecule has 3 aliphatic carbocycles. The zero-order valence-electron chi connectivity index (χ0n) is 15.4. The first-order valence-corrected chi connectivity index (χ1v) is 9.61. The van der Waals surface area contributed by atoms with E-state index in [4.69, 9.17) is 20.3 Å². The highest BCUT2D eigenvalue weighted by atomic mass is 32.1. The largest absolute Gasteiger partial charge is 0.488 e. The lowest BCUT2D eigenvalue weighted by Crippen LogP contribution is -2.63. The Bertz CT molecular complexity index is 1040. The first-order chi connectivity index (χ1) is 13.9. The van der Waals surface area contributed by atoms with Crippen molar-refractivity contribution >= 4 is 39.4 Å². The normalized spacial score (nSPS) is 22.1. The summed E-state index contributed by atoms with van der Waals surface area (Å²) in [5.74, 6) is 0.190. The third-order valence-corrected chi connectivity index (χ3v) is 5.69. The number of amides is 1. The highest BCUT2D eigenvalue weighted by molar-refractivity contribution is 7.19. The van der Waals surface area contributed by atoms with Crippen molar-refractivity contribution in [3.63, 3.8) is 0 Å². The quantitative estimate of drug-likeness (QED) is 0.400. The van der Waals surface area contributed by atoms with E-state index in [0.717, 1.165) is 42.7 Å². The summed E-state index contributed by atoms with van der Waals surface area (Å²) in [4.78, 5) is 24.8. The lowest BCUT2D eigenvalue weighted by atomic mass is 9.50. The highest BCUT2D eigenvalue weighted by Gasteiger charge is 2.56. The molecule has 152 valence electrons. The topological polar surface area (TPSA) is 168 Å². The van der Waals surface area contributed by atoms with Crippen molar-refractivity contribution in [1.82, 2.24) is 10.2 Å². The maximum Gasteiger partial charge on any atom is 0.381 e. The molecule has 3 saturated carbocycles. The summed E-state index contributed by atoms with van der Waals surface area (Å²) in [6.07, 6.45) is 5.51. The zero-order chi connectivity index (χ0) is 20.6. The maximum absolute atomic E-state index is 12.6. The number of allylic oxidation sites excluding steroid dienone is 1. The predicted molar refractivity (Wildman–Crippen MR) is 108 cm³/mol. The van der Waals surface area contributed by atoms with Gasteiger partial charge in [0.05, 0.1) is 12.8 Å². The Morgan fingerprint density at radius 1 is 1.38 bits per heavy atom. The second-order valence-electron chi connectivity index (χ2n) is 7.01. The first kappa shape index (κ1) is 18.9. The van der Waals surface area contributed by atoms with Crippen LogP contribution in [0.3, 0.4) is 0 Å². The predicted octanol–water partition coefficient (Wildman–Crippen LogP) is 1.58. The molecule has 1 amide bonds. The SMILES string of the molecule is COc1c(NC23CC(C2)C3)cc(C(=O)Nc2nnc(N/C(N)=C\C=N)s2)oc1=O. The van der Waals surface area contributed by atoms with Crippen molar-refractivity contribution in [3.8, 4) is 5.75 Å². The summed E-state index contributed by atoms with van der Waals surface area (Å²) in [6.45, 7) is 0. The van der Waals surface area contributed by atoms with Crippen LogP contribution in [-0.2, 0) is 0 Å². The van der Waals surface area contributed by atoms with E-state index in [1.165, 1.54) is 19.3 Å². The maximum atomic E-state index is 12.6. The van der Waals surface area contributed by atoms with Crippen LogP contribution in [0.1, 0.15) is 29.8 Å². The van der Waals surface area contributed by atoms with Gasteiger partial charge in [-0.3, -0.25) is 10.1 Å². The molecule has 0 unspecified atom stereocenters. The third-order valence-electron chi connectivity index (χ3n) is 4.93. The van der Waals surface area contributed by atoms with E-state index in [9.17, 15) is 9.59 Å². The molecule has 0 radical (unpaired) electrons. The number of rotatable bonds is 8. The van der Waals surface area contributed by atoms with Gasteiger partial charge in [0.2, 0.25) is 16.0 Å². The van der Waals surface area contributed by atoms with E-state index >= 15 is 0 Å². The van der Waals surface area contributed by atoms with Gasteiger partial charge in [-0.1, -0.05) is 11.3 Å². The summed E-state index contributed by atoms with van der Waals surface area (Å²) in [6, 6.07) is 1.46. The number of carbonyl (C=O) groups excluding carboxylic acids is 1. The lowest BCUT2D eigenvalue weighted by molar-refractivity contribution is 0.00189. The van der Waals surface area contributed by atoms with Crippen LogP contribution in [0.5, 0.6) is 5.75 Å². The van der Waals surface area contributed by atoms with Gasteiger partial charge in [-0.25, -0.2) is 4.79 Å². The summed E-state index contributed by atoms with van der Waals surface area (Å²) >= 11 is 1.03. The number of nitrogens with two attached hydrogens (primary N) is 1. The molecule has 11 nitrogen and oxygen atoms in total. The number of ether oxygens (including phenoxy) is 1. The molecule has 2 heterocycles. The number of methoxy groups -OCH3 is 1. The highest BCUT2D eigenvalue weighted by Crippen LogP contribution is 2.58.